The second-order valence-corrected chi connectivity index (χ2v) is 15.7. The van der Waals surface area contributed by atoms with Crippen LogP contribution in [-0.4, -0.2) is 50.6 Å². The van der Waals surface area contributed by atoms with Crippen molar-refractivity contribution in [1.82, 2.24) is 24.8 Å². The zero-order chi connectivity index (χ0) is 36.1. The first-order valence-corrected chi connectivity index (χ1v) is 18.8. The van der Waals surface area contributed by atoms with Gasteiger partial charge in [-0.1, -0.05) is 35.3 Å². The SMILES string of the molecule is [2H]C([2H])(O[C@H]1C[C@H](c2cc3c(C)nc4c(F)c(-c5cccc(Cl)c5Cl)c(CCC#N)cc4c3n2[C@H]2[C@H]3CN[C@@H]2C3)N(C(=O)C2CC2)C1)c1nccs1. The van der Waals surface area contributed by atoms with Crippen molar-refractivity contribution in [3.63, 3.8) is 0 Å². The molecule has 6 heterocycles. The van der Waals surface area contributed by atoms with Crippen molar-refractivity contribution in [2.24, 2.45) is 11.8 Å². The number of nitrogens with zero attached hydrogens (tertiary/aromatic N) is 5. The molecule has 0 unspecified atom stereocenters. The topological polar surface area (TPSA) is 96.1 Å². The van der Waals surface area contributed by atoms with Gasteiger partial charge < -0.3 is 19.5 Å². The Hall–Kier alpha value is -3.59. The van der Waals surface area contributed by atoms with Crippen LogP contribution >= 0.6 is 34.5 Å². The Morgan fingerprint density at radius 3 is 2.84 bits per heavy atom. The number of nitriles is 1. The first-order chi connectivity index (χ1) is 25.1. The highest BCUT2D eigenvalue weighted by molar-refractivity contribution is 7.09. The van der Waals surface area contributed by atoms with Crippen molar-refractivity contribution in [1.29, 1.82) is 5.26 Å². The Kier molecular flexibility index (Phi) is 7.56. The van der Waals surface area contributed by atoms with Crippen LogP contribution in [0.5, 0.6) is 0 Å². The van der Waals surface area contributed by atoms with Crippen LogP contribution in [0.1, 0.15) is 68.9 Å². The average Bonchev–Trinajstić information content (AvgIpc) is 3.64. The fourth-order valence-corrected chi connectivity index (χ4v) is 9.34. The predicted molar refractivity (Wildman–Crippen MR) is 193 cm³/mol. The van der Waals surface area contributed by atoms with Gasteiger partial charge in [0.2, 0.25) is 5.91 Å². The van der Waals surface area contributed by atoms with E-state index in [0.29, 0.717) is 46.0 Å². The fraction of sp³-hybridized carbons (Fsp3) is 0.421. The van der Waals surface area contributed by atoms with Crippen LogP contribution in [0.3, 0.4) is 0 Å². The van der Waals surface area contributed by atoms with Crippen molar-refractivity contribution in [3.05, 3.63) is 79.7 Å². The maximum atomic E-state index is 17.2. The number of hydrogen-bond acceptors (Lipinski definition) is 7. The van der Waals surface area contributed by atoms with Gasteiger partial charge in [-0.25, -0.2) is 14.4 Å². The normalized spacial score (nSPS) is 25.2. The van der Waals surface area contributed by atoms with Gasteiger partial charge in [0.15, 0.2) is 5.82 Å². The minimum Gasteiger partial charge on any atom is -0.369 e. The highest BCUT2D eigenvalue weighted by atomic mass is 35.5. The van der Waals surface area contributed by atoms with E-state index in [0.717, 1.165) is 42.4 Å². The summed E-state index contributed by atoms with van der Waals surface area (Å²) >= 11 is 14.3. The lowest BCUT2D eigenvalue weighted by Crippen LogP contribution is -2.41. The van der Waals surface area contributed by atoms with Crippen LogP contribution in [0.15, 0.2) is 41.9 Å². The van der Waals surface area contributed by atoms with E-state index in [9.17, 15) is 10.1 Å². The summed E-state index contributed by atoms with van der Waals surface area (Å²) in [6, 6.07) is 11.3. The molecule has 3 aromatic heterocycles. The summed E-state index contributed by atoms with van der Waals surface area (Å²) in [5, 5.41) is 17.3. The monoisotopic (exact) mass is 730 g/mol. The maximum Gasteiger partial charge on any atom is 0.226 e. The first kappa shape index (κ1) is 30.1. The third-order valence-electron chi connectivity index (χ3n) is 11.0. The van der Waals surface area contributed by atoms with Gasteiger partial charge >= 0.3 is 0 Å². The van der Waals surface area contributed by atoms with Gasteiger partial charge in [0.05, 0.1) is 49.1 Å². The summed E-state index contributed by atoms with van der Waals surface area (Å²) in [5.74, 6) is -0.151. The number of hydrogen-bond donors (Lipinski definition) is 1. The molecule has 3 saturated heterocycles. The summed E-state index contributed by atoms with van der Waals surface area (Å²) in [4.78, 5) is 24.9. The van der Waals surface area contributed by atoms with E-state index in [-0.39, 0.29) is 64.0 Å². The summed E-state index contributed by atoms with van der Waals surface area (Å²) < 4.78 is 43.0. The highest BCUT2D eigenvalue weighted by Gasteiger charge is 2.51. The Labute approximate surface area is 306 Å². The number of ether oxygens (including phenoxy) is 1. The molecule has 50 heavy (non-hydrogen) atoms. The second kappa shape index (κ2) is 12.6. The molecule has 3 aliphatic heterocycles. The third kappa shape index (κ3) is 5.24. The molecule has 2 aliphatic carbocycles. The molecule has 2 saturated carbocycles. The lowest BCUT2D eigenvalue weighted by atomic mass is 9.79. The molecule has 5 fully saturated rings. The highest BCUT2D eigenvalue weighted by Crippen LogP contribution is 2.51. The van der Waals surface area contributed by atoms with E-state index < -0.39 is 18.5 Å². The van der Waals surface area contributed by atoms with Gasteiger partial charge in [0.25, 0.3) is 0 Å². The molecule has 5 aliphatic rings. The van der Waals surface area contributed by atoms with E-state index in [1.165, 1.54) is 11.3 Å². The minimum atomic E-state index is -2.11. The fourth-order valence-electron chi connectivity index (χ4n) is 8.48. The lowest BCUT2D eigenvalue weighted by Gasteiger charge is -2.39. The number of amides is 1. The molecule has 256 valence electrons. The number of nitrogens with one attached hydrogen (secondary N) is 1. The van der Waals surface area contributed by atoms with E-state index in [2.05, 4.69) is 27.0 Å². The quantitative estimate of drug-likeness (QED) is 0.164. The number of likely N-dealkylation sites (tertiary alicyclic amines) is 1. The number of thiazole rings is 1. The van der Waals surface area contributed by atoms with Crippen molar-refractivity contribution in [2.45, 2.75) is 76.2 Å². The van der Waals surface area contributed by atoms with Crippen molar-refractivity contribution in [2.75, 3.05) is 13.1 Å². The lowest BCUT2D eigenvalue weighted by molar-refractivity contribution is -0.134. The molecule has 2 bridgehead atoms. The van der Waals surface area contributed by atoms with Gasteiger partial charge in [-0.3, -0.25) is 4.79 Å². The van der Waals surface area contributed by atoms with Crippen LogP contribution in [0.4, 0.5) is 4.39 Å². The molecule has 12 heteroatoms. The molecule has 0 spiro atoms. The molecular formula is C38H35Cl2FN6O2S. The third-order valence-corrected chi connectivity index (χ3v) is 12.5. The van der Waals surface area contributed by atoms with Crippen LogP contribution in [0, 0.1) is 35.9 Å². The smallest absolute Gasteiger partial charge is 0.226 e. The van der Waals surface area contributed by atoms with Gasteiger partial charge in [-0.15, -0.1) is 11.3 Å². The number of pyridine rings is 1. The van der Waals surface area contributed by atoms with Crippen molar-refractivity contribution in [3.8, 4) is 17.2 Å². The Morgan fingerprint density at radius 2 is 2.12 bits per heavy atom. The van der Waals surface area contributed by atoms with Crippen LogP contribution < -0.4 is 5.32 Å². The molecule has 1 N–H and O–H groups in total. The van der Waals surface area contributed by atoms with E-state index in [1.54, 1.807) is 29.8 Å². The van der Waals surface area contributed by atoms with Crippen LogP contribution in [0.2, 0.25) is 10.0 Å². The number of aromatic nitrogens is 3. The van der Waals surface area contributed by atoms with Crippen molar-refractivity contribution < 1.29 is 16.7 Å². The standard InChI is InChI=1S/C38H35Cl2FN6O2S/c1-19-25-15-30(29-14-23(49-18-31-43-10-11-50-31)17-46(29)38(48)20-7-8-20)47(36-22-13-28(36)44-16-22)37(25)26-12-21(4-3-9-42)32(34(41)35(26)45-19)24-5-2-6-27(39)33(24)40/h2,5-6,10-12,15,20,22-23,28-29,36,44H,3-4,7-8,13-14,16-18H2,1H3/t22-,23+,28-,29-,36+/m1/s1/i18D2. The Balaban J connectivity index is 1.25. The molecular weight excluding hydrogens is 694 g/mol. The van der Waals surface area contributed by atoms with E-state index in [1.807, 2.05) is 17.9 Å². The van der Waals surface area contributed by atoms with E-state index >= 15 is 4.39 Å². The summed E-state index contributed by atoms with van der Waals surface area (Å²) in [6.07, 6.45) is 4.58. The van der Waals surface area contributed by atoms with Crippen LogP contribution in [-0.2, 0) is 22.5 Å². The van der Waals surface area contributed by atoms with E-state index in [4.69, 9.17) is 35.7 Å². The molecule has 5 aromatic rings. The largest absolute Gasteiger partial charge is 0.369 e. The average molecular weight is 732 g/mol. The van der Waals surface area contributed by atoms with Crippen LogP contribution in [0.25, 0.3) is 32.9 Å². The number of halogens is 3. The molecule has 10 rings (SSSR count). The molecule has 8 nitrogen and oxygen atoms in total. The second-order valence-electron chi connectivity index (χ2n) is 14.0. The maximum absolute atomic E-state index is 17.2. The molecule has 5 atom stereocenters. The Morgan fingerprint density at radius 1 is 1.26 bits per heavy atom. The van der Waals surface area contributed by atoms with Gasteiger partial charge in [0.1, 0.15) is 10.5 Å². The van der Waals surface area contributed by atoms with Gasteiger partial charge in [-0.2, -0.15) is 5.26 Å². The Bertz CT molecular complexity index is 2290. The molecule has 2 aromatic carbocycles. The minimum absolute atomic E-state index is 0.0471. The first-order valence-electron chi connectivity index (χ1n) is 18.1. The number of benzene rings is 2. The summed E-state index contributed by atoms with van der Waals surface area (Å²) in [5.41, 5.74) is 4.00. The summed E-state index contributed by atoms with van der Waals surface area (Å²) in [7, 11) is 0. The van der Waals surface area contributed by atoms with Crippen molar-refractivity contribution >= 4 is 62.3 Å². The number of carbonyl (C=O) groups is 1. The number of fused-ring (bicyclic) bond motifs is 4. The number of aryl methyl sites for hydroxylation is 2. The summed E-state index contributed by atoms with van der Waals surface area (Å²) in [6.45, 7) is 0.903. The predicted octanol–water partition coefficient (Wildman–Crippen LogP) is 8.33. The number of carbonyl (C=O) groups excluding carboxylic acids is 1. The zero-order valence-corrected chi connectivity index (χ0v) is 29.6. The number of rotatable bonds is 9. The van der Waals surface area contributed by atoms with Gasteiger partial charge in [0, 0.05) is 82.8 Å². The zero-order valence-electron chi connectivity index (χ0n) is 29.3. The molecule has 0 radical (unpaired) electrons. The van der Waals surface area contributed by atoms with Gasteiger partial charge in [-0.05, 0) is 62.3 Å². The molecule has 1 amide bonds.